The molecular formula is C17H14ClN3O4S. The smallest absolute Gasteiger partial charge is 0.328 e. The highest BCUT2D eigenvalue weighted by molar-refractivity contribution is 7.15. The van der Waals surface area contributed by atoms with E-state index in [1.54, 1.807) is 35.8 Å². The molecule has 0 saturated heterocycles. The van der Waals surface area contributed by atoms with Crippen molar-refractivity contribution >= 4 is 39.8 Å². The van der Waals surface area contributed by atoms with E-state index in [-0.39, 0.29) is 17.7 Å². The van der Waals surface area contributed by atoms with Gasteiger partial charge in [0.15, 0.2) is 4.96 Å². The zero-order valence-electron chi connectivity index (χ0n) is 13.6. The molecule has 0 spiro atoms. The molecule has 0 saturated carbocycles. The summed E-state index contributed by atoms with van der Waals surface area (Å²) in [6.45, 7) is 1.34. The molecule has 0 aliphatic heterocycles. The number of thiazole rings is 1. The highest BCUT2D eigenvalue weighted by Gasteiger charge is 2.19. The van der Waals surface area contributed by atoms with E-state index >= 15 is 0 Å². The zero-order chi connectivity index (χ0) is 18.7. The first-order chi connectivity index (χ1) is 12.5. The fourth-order valence-corrected chi connectivity index (χ4v) is 3.17. The van der Waals surface area contributed by atoms with Gasteiger partial charge >= 0.3 is 5.97 Å². The number of hydrogen-bond acceptors (Lipinski definition) is 6. The van der Waals surface area contributed by atoms with E-state index in [0.29, 0.717) is 15.7 Å². The van der Waals surface area contributed by atoms with E-state index in [4.69, 9.17) is 16.3 Å². The first-order valence-electron chi connectivity index (χ1n) is 7.63. The van der Waals surface area contributed by atoms with Gasteiger partial charge in [-0.15, -0.1) is 11.3 Å². The predicted octanol–water partition coefficient (Wildman–Crippen LogP) is 2.27. The minimum Gasteiger partial charge on any atom is -0.458 e. The molecule has 1 unspecified atom stereocenters. The molecule has 0 aliphatic carbocycles. The summed E-state index contributed by atoms with van der Waals surface area (Å²) >= 11 is 7.27. The minimum atomic E-state index is -0.884. The van der Waals surface area contributed by atoms with Crippen LogP contribution in [-0.2, 0) is 16.1 Å². The standard InChI is InChI=1S/C17H14ClN3O4S/c1-10(19-15(23)12-4-2-3-5-13(12)18)16(24)25-9-11-8-14(22)21-6-7-26-17(21)20-11/h2-8,10H,9H2,1H3,(H,19,23). The molecule has 0 radical (unpaired) electrons. The second-order valence-electron chi connectivity index (χ2n) is 5.42. The number of halogens is 1. The molecule has 26 heavy (non-hydrogen) atoms. The maximum atomic E-state index is 12.2. The number of ether oxygens (including phenoxy) is 1. The van der Waals surface area contributed by atoms with Gasteiger partial charge in [-0.25, -0.2) is 9.78 Å². The second-order valence-corrected chi connectivity index (χ2v) is 6.70. The Morgan fingerprint density at radius 3 is 2.92 bits per heavy atom. The van der Waals surface area contributed by atoms with Gasteiger partial charge in [0, 0.05) is 17.6 Å². The highest BCUT2D eigenvalue weighted by Crippen LogP contribution is 2.14. The van der Waals surface area contributed by atoms with Crippen LogP contribution in [0.1, 0.15) is 23.0 Å². The van der Waals surface area contributed by atoms with Gasteiger partial charge < -0.3 is 10.1 Å². The van der Waals surface area contributed by atoms with Crippen LogP contribution in [0.5, 0.6) is 0 Å². The molecule has 1 amide bonds. The molecule has 0 aliphatic rings. The minimum absolute atomic E-state index is 0.158. The van der Waals surface area contributed by atoms with E-state index in [2.05, 4.69) is 10.3 Å². The average Bonchev–Trinajstić information content (AvgIpc) is 3.09. The molecule has 1 aromatic carbocycles. The SMILES string of the molecule is CC(NC(=O)c1ccccc1Cl)C(=O)OCc1cc(=O)n2ccsc2n1. The van der Waals surface area contributed by atoms with Crippen LogP contribution in [0.4, 0.5) is 0 Å². The number of amides is 1. The summed E-state index contributed by atoms with van der Waals surface area (Å²) < 4.78 is 6.55. The molecule has 134 valence electrons. The first kappa shape index (κ1) is 18.1. The summed E-state index contributed by atoms with van der Waals surface area (Å²) in [5.74, 6) is -1.12. The Morgan fingerprint density at radius 2 is 2.15 bits per heavy atom. The quantitative estimate of drug-likeness (QED) is 0.674. The van der Waals surface area contributed by atoms with Crippen molar-refractivity contribution in [2.24, 2.45) is 0 Å². The van der Waals surface area contributed by atoms with Gasteiger partial charge in [-0.2, -0.15) is 0 Å². The van der Waals surface area contributed by atoms with Crippen molar-refractivity contribution in [3.8, 4) is 0 Å². The number of esters is 1. The molecule has 1 N–H and O–H groups in total. The molecule has 3 aromatic rings. The summed E-state index contributed by atoms with van der Waals surface area (Å²) in [7, 11) is 0. The van der Waals surface area contributed by atoms with Gasteiger partial charge in [-0.05, 0) is 19.1 Å². The van der Waals surface area contributed by atoms with Crippen LogP contribution in [0.15, 0.2) is 46.7 Å². The van der Waals surface area contributed by atoms with Crippen molar-refractivity contribution in [1.82, 2.24) is 14.7 Å². The van der Waals surface area contributed by atoms with E-state index in [0.717, 1.165) is 0 Å². The van der Waals surface area contributed by atoms with Gasteiger partial charge in [0.2, 0.25) is 0 Å². The van der Waals surface area contributed by atoms with Gasteiger partial charge in [0.25, 0.3) is 11.5 Å². The van der Waals surface area contributed by atoms with Crippen molar-refractivity contribution in [3.05, 3.63) is 68.5 Å². The number of carbonyl (C=O) groups excluding carboxylic acids is 2. The third-order valence-corrected chi connectivity index (χ3v) is 4.62. The van der Waals surface area contributed by atoms with E-state index in [9.17, 15) is 14.4 Å². The summed E-state index contributed by atoms with van der Waals surface area (Å²) in [6.07, 6.45) is 1.62. The number of carbonyl (C=O) groups is 2. The summed E-state index contributed by atoms with van der Waals surface area (Å²) in [6, 6.07) is 6.95. The lowest BCUT2D eigenvalue weighted by atomic mass is 10.2. The zero-order valence-corrected chi connectivity index (χ0v) is 15.2. The number of nitrogens with zero attached hydrogens (tertiary/aromatic N) is 2. The van der Waals surface area contributed by atoms with Crippen LogP contribution in [0, 0.1) is 0 Å². The van der Waals surface area contributed by atoms with Gasteiger partial charge in [0.05, 0.1) is 16.3 Å². The first-order valence-corrected chi connectivity index (χ1v) is 8.89. The molecule has 7 nitrogen and oxygen atoms in total. The molecule has 2 heterocycles. The van der Waals surface area contributed by atoms with Crippen LogP contribution in [0.25, 0.3) is 4.96 Å². The monoisotopic (exact) mass is 391 g/mol. The number of fused-ring (bicyclic) bond motifs is 1. The Bertz CT molecular complexity index is 1030. The Hall–Kier alpha value is -2.71. The number of nitrogens with one attached hydrogen (secondary N) is 1. The third kappa shape index (κ3) is 3.92. The number of hydrogen-bond donors (Lipinski definition) is 1. The van der Waals surface area contributed by atoms with Gasteiger partial charge in [-0.3, -0.25) is 14.0 Å². The maximum Gasteiger partial charge on any atom is 0.328 e. The molecule has 2 aromatic heterocycles. The third-order valence-electron chi connectivity index (χ3n) is 3.54. The van der Waals surface area contributed by atoms with Crippen LogP contribution in [0.3, 0.4) is 0 Å². The average molecular weight is 392 g/mol. The molecule has 0 bridgehead atoms. The Balaban J connectivity index is 1.61. The van der Waals surface area contributed by atoms with Crippen molar-refractivity contribution in [2.45, 2.75) is 19.6 Å². The molecule has 1 atom stereocenters. The Labute approximate surface area is 157 Å². The van der Waals surface area contributed by atoms with Crippen molar-refractivity contribution in [1.29, 1.82) is 0 Å². The topological polar surface area (TPSA) is 89.8 Å². The van der Waals surface area contributed by atoms with Gasteiger partial charge in [-0.1, -0.05) is 23.7 Å². The summed E-state index contributed by atoms with van der Waals surface area (Å²) in [5, 5.41) is 4.56. The van der Waals surface area contributed by atoms with Crippen LogP contribution in [0.2, 0.25) is 5.02 Å². The molecule has 9 heteroatoms. The second kappa shape index (κ2) is 7.67. The summed E-state index contributed by atoms with van der Waals surface area (Å²) in [5.41, 5.74) is 0.365. The fraction of sp³-hybridized carbons (Fsp3) is 0.176. The van der Waals surface area contributed by atoms with Crippen molar-refractivity contribution < 1.29 is 14.3 Å². The predicted molar refractivity (Wildman–Crippen MR) is 97.5 cm³/mol. The Kier molecular flexibility index (Phi) is 5.34. The van der Waals surface area contributed by atoms with Gasteiger partial charge in [0.1, 0.15) is 12.6 Å². The summed E-state index contributed by atoms with van der Waals surface area (Å²) in [4.78, 5) is 40.9. The van der Waals surface area contributed by atoms with E-state index < -0.39 is 17.9 Å². The fourth-order valence-electron chi connectivity index (χ4n) is 2.21. The lowest BCUT2D eigenvalue weighted by molar-refractivity contribution is -0.146. The lowest BCUT2D eigenvalue weighted by Gasteiger charge is -2.13. The largest absolute Gasteiger partial charge is 0.458 e. The number of benzene rings is 1. The molecular weight excluding hydrogens is 378 g/mol. The van der Waals surface area contributed by atoms with E-state index in [1.807, 2.05) is 0 Å². The number of rotatable bonds is 5. The van der Waals surface area contributed by atoms with Crippen LogP contribution < -0.4 is 10.9 Å². The van der Waals surface area contributed by atoms with Crippen molar-refractivity contribution in [3.63, 3.8) is 0 Å². The van der Waals surface area contributed by atoms with Crippen LogP contribution in [-0.4, -0.2) is 27.3 Å². The molecule has 3 rings (SSSR count). The normalized spacial score (nSPS) is 11.9. The maximum absolute atomic E-state index is 12.2. The number of aromatic nitrogens is 2. The van der Waals surface area contributed by atoms with E-state index in [1.165, 1.54) is 28.7 Å². The lowest BCUT2D eigenvalue weighted by Crippen LogP contribution is -2.39. The molecule has 0 fully saturated rings. The van der Waals surface area contributed by atoms with Crippen LogP contribution >= 0.6 is 22.9 Å². The Morgan fingerprint density at radius 1 is 1.38 bits per heavy atom. The van der Waals surface area contributed by atoms with Crippen molar-refractivity contribution in [2.75, 3.05) is 0 Å². The highest BCUT2D eigenvalue weighted by atomic mass is 35.5.